The minimum atomic E-state index is -1.05. The number of carboxylic acids is 1. The second-order valence-corrected chi connectivity index (χ2v) is 5.36. The molecule has 4 heteroatoms. The smallest absolute Gasteiger partial charge is 0.330 e. The van der Waals surface area contributed by atoms with E-state index < -0.39 is 11.5 Å². The van der Waals surface area contributed by atoms with E-state index in [2.05, 4.69) is 6.92 Å². The minimum absolute atomic E-state index is 0.216. The van der Waals surface area contributed by atoms with Gasteiger partial charge in [0.15, 0.2) is 0 Å². The third-order valence-corrected chi connectivity index (χ3v) is 4.08. The van der Waals surface area contributed by atoms with Gasteiger partial charge in [-0.2, -0.15) is 0 Å². The van der Waals surface area contributed by atoms with Crippen LogP contribution in [0.5, 0.6) is 0 Å². The molecule has 1 aromatic heterocycles. The lowest BCUT2D eigenvalue weighted by Gasteiger charge is -2.38. The van der Waals surface area contributed by atoms with Gasteiger partial charge in [0.2, 0.25) is 0 Å². The number of aromatic nitrogens is 1. The number of hydrogen-bond acceptors (Lipinski definition) is 2. The van der Waals surface area contributed by atoms with Crippen LogP contribution in [0.1, 0.15) is 38.3 Å². The van der Waals surface area contributed by atoms with Gasteiger partial charge in [0, 0.05) is 11.8 Å². The molecule has 0 amide bonds. The number of hydrogen-bond donors (Lipinski definition) is 1. The van der Waals surface area contributed by atoms with E-state index in [1.807, 2.05) is 0 Å². The molecule has 0 aromatic carbocycles. The topological polar surface area (TPSA) is 59.3 Å². The lowest BCUT2D eigenvalue weighted by atomic mass is 9.76. The average Bonchev–Trinajstić information content (AvgIpc) is 2.31. The number of rotatable bonds is 2. The Labute approximate surface area is 106 Å². The van der Waals surface area contributed by atoms with Gasteiger partial charge in [0.05, 0.1) is 0 Å². The van der Waals surface area contributed by atoms with E-state index in [1.165, 1.54) is 10.6 Å². The summed E-state index contributed by atoms with van der Waals surface area (Å²) in [5, 5.41) is 9.62. The van der Waals surface area contributed by atoms with Crippen LogP contribution in [0.15, 0.2) is 23.0 Å². The maximum Gasteiger partial charge on any atom is 0.330 e. The first-order valence-corrected chi connectivity index (χ1v) is 6.40. The van der Waals surface area contributed by atoms with Crippen LogP contribution >= 0.6 is 0 Å². The number of carboxylic acid groups (broad SMARTS) is 1. The molecule has 1 aliphatic rings. The molecule has 1 N–H and O–H groups in total. The summed E-state index contributed by atoms with van der Waals surface area (Å²) in [5.41, 5.74) is -0.541. The largest absolute Gasteiger partial charge is 0.479 e. The van der Waals surface area contributed by atoms with Crippen molar-refractivity contribution in [1.29, 1.82) is 0 Å². The molecule has 1 heterocycles. The van der Waals surface area contributed by atoms with Gasteiger partial charge in [0.25, 0.3) is 5.56 Å². The van der Waals surface area contributed by atoms with Crippen LogP contribution in [0, 0.1) is 12.8 Å². The summed E-state index contributed by atoms with van der Waals surface area (Å²) in [6.45, 7) is 3.93. The van der Waals surface area contributed by atoms with Crippen molar-refractivity contribution >= 4 is 5.97 Å². The third kappa shape index (κ3) is 1.96. The molecule has 18 heavy (non-hydrogen) atoms. The van der Waals surface area contributed by atoms with Gasteiger partial charge in [-0.05, 0) is 44.6 Å². The standard InChI is InChI=1S/C14H19NO3/c1-10-6-8-14(9-7-10,13(17)18)15-11(2)4-3-5-12(15)16/h3-5,10H,6-9H2,1-2H3,(H,17,18). The van der Waals surface area contributed by atoms with E-state index in [4.69, 9.17) is 0 Å². The van der Waals surface area contributed by atoms with Crippen molar-refractivity contribution in [1.82, 2.24) is 4.57 Å². The number of nitrogens with zero attached hydrogens (tertiary/aromatic N) is 1. The summed E-state index contributed by atoms with van der Waals surface area (Å²) in [5.74, 6) is -0.344. The fourth-order valence-electron chi connectivity index (χ4n) is 2.91. The monoisotopic (exact) mass is 249 g/mol. The second kappa shape index (κ2) is 4.59. The lowest BCUT2D eigenvalue weighted by molar-refractivity contribution is -0.150. The van der Waals surface area contributed by atoms with E-state index in [1.54, 1.807) is 19.1 Å². The van der Waals surface area contributed by atoms with E-state index >= 15 is 0 Å². The number of carbonyl (C=O) groups is 1. The summed E-state index contributed by atoms with van der Waals surface area (Å²) in [7, 11) is 0. The van der Waals surface area contributed by atoms with Gasteiger partial charge >= 0.3 is 5.97 Å². The van der Waals surface area contributed by atoms with Crippen LogP contribution in [0.4, 0.5) is 0 Å². The molecule has 4 nitrogen and oxygen atoms in total. The number of aliphatic carboxylic acids is 1. The van der Waals surface area contributed by atoms with Crippen molar-refractivity contribution in [3.63, 3.8) is 0 Å². The Morgan fingerprint density at radius 1 is 1.39 bits per heavy atom. The number of pyridine rings is 1. The van der Waals surface area contributed by atoms with Crippen molar-refractivity contribution in [2.24, 2.45) is 5.92 Å². The van der Waals surface area contributed by atoms with Crippen molar-refractivity contribution in [2.45, 2.75) is 45.1 Å². The summed E-state index contributed by atoms with van der Waals surface area (Å²) < 4.78 is 1.47. The van der Waals surface area contributed by atoms with Crippen molar-refractivity contribution in [3.8, 4) is 0 Å². The molecule has 0 saturated heterocycles. The van der Waals surface area contributed by atoms with E-state index in [0.29, 0.717) is 18.8 Å². The average molecular weight is 249 g/mol. The molecule has 2 rings (SSSR count). The zero-order valence-electron chi connectivity index (χ0n) is 10.8. The molecule has 0 bridgehead atoms. The van der Waals surface area contributed by atoms with Crippen LogP contribution < -0.4 is 5.56 Å². The Balaban J connectivity index is 2.55. The summed E-state index contributed by atoms with van der Waals surface area (Å²) in [6.07, 6.45) is 2.78. The number of aryl methyl sites for hydroxylation is 1. The van der Waals surface area contributed by atoms with Crippen molar-refractivity contribution in [2.75, 3.05) is 0 Å². The Morgan fingerprint density at radius 3 is 2.50 bits per heavy atom. The molecular formula is C14H19NO3. The second-order valence-electron chi connectivity index (χ2n) is 5.36. The molecule has 1 aliphatic carbocycles. The molecule has 0 unspecified atom stereocenters. The third-order valence-electron chi connectivity index (χ3n) is 4.08. The normalized spacial score (nSPS) is 28.0. The molecule has 1 saturated carbocycles. The molecule has 0 atom stereocenters. The molecule has 0 aliphatic heterocycles. The summed E-state index contributed by atoms with van der Waals surface area (Å²) in [4.78, 5) is 23.8. The van der Waals surface area contributed by atoms with Gasteiger partial charge < -0.3 is 5.11 Å². The molecule has 1 fully saturated rings. The Bertz CT molecular complexity index is 510. The quantitative estimate of drug-likeness (QED) is 0.873. The van der Waals surface area contributed by atoms with Crippen molar-refractivity contribution in [3.05, 3.63) is 34.2 Å². The van der Waals surface area contributed by atoms with Gasteiger partial charge in [-0.3, -0.25) is 9.36 Å². The Hall–Kier alpha value is -1.58. The fraction of sp³-hybridized carbons (Fsp3) is 0.571. The summed E-state index contributed by atoms with van der Waals surface area (Å²) in [6, 6.07) is 4.91. The highest BCUT2D eigenvalue weighted by Crippen LogP contribution is 2.37. The fourth-order valence-corrected chi connectivity index (χ4v) is 2.91. The maximum absolute atomic E-state index is 12.0. The van der Waals surface area contributed by atoms with Crippen LogP contribution in [0.25, 0.3) is 0 Å². The van der Waals surface area contributed by atoms with Crippen LogP contribution in [-0.2, 0) is 10.3 Å². The highest BCUT2D eigenvalue weighted by molar-refractivity contribution is 5.77. The first-order valence-electron chi connectivity index (χ1n) is 6.40. The van der Waals surface area contributed by atoms with Gasteiger partial charge in [0.1, 0.15) is 5.54 Å². The maximum atomic E-state index is 12.0. The Kier molecular flexibility index (Phi) is 3.28. The molecule has 0 spiro atoms. The Morgan fingerprint density at radius 2 is 2.00 bits per heavy atom. The molecule has 0 radical (unpaired) electrons. The van der Waals surface area contributed by atoms with E-state index in [0.717, 1.165) is 18.5 Å². The van der Waals surface area contributed by atoms with Crippen LogP contribution in [0.2, 0.25) is 0 Å². The van der Waals surface area contributed by atoms with Gasteiger partial charge in [-0.1, -0.05) is 13.0 Å². The van der Waals surface area contributed by atoms with Gasteiger partial charge in [-0.15, -0.1) is 0 Å². The summed E-state index contributed by atoms with van der Waals surface area (Å²) >= 11 is 0. The first-order chi connectivity index (χ1) is 8.47. The van der Waals surface area contributed by atoms with E-state index in [-0.39, 0.29) is 5.56 Å². The highest BCUT2D eigenvalue weighted by atomic mass is 16.4. The zero-order chi connectivity index (χ0) is 13.3. The highest BCUT2D eigenvalue weighted by Gasteiger charge is 2.44. The molecule has 1 aromatic rings. The SMILES string of the molecule is Cc1cccc(=O)n1C1(C(=O)O)CCC(C)CC1. The predicted octanol–water partition coefficient (Wildman–Crippen LogP) is 2.15. The van der Waals surface area contributed by atoms with Crippen molar-refractivity contribution < 1.29 is 9.90 Å². The molecule has 98 valence electrons. The molecular weight excluding hydrogens is 230 g/mol. The lowest BCUT2D eigenvalue weighted by Crippen LogP contribution is -2.50. The van der Waals surface area contributed by atoms with Crippen LogP contribution in [0.3, 0.4) is 0 Å². The predicted molar refractivity (Wildman–Crippen MR) is 68.7 cm³/mol. The van der Waals surface area contributed by atoms with E-state index in [9.17, 15) is 14.7 Å². The minimum Gasteiger partial charge on any atom is -0.479 e. The zero-order valence-corrected chi connectivity index (χ0v) is 10.8. The van der Waals surface area contributed by atoms with Gasteiger partial charge in [-0.25, -0.2) is 4.79 Å². The first kappa shape index (κ1) is 12.9. The van der Waals surface area contributed by atoms with Crippen LogP contribution in [-0.4, -0.2) is 15.6 Å².